The van der Waals surface area contributed by atoms with E-state index in [1.165, 1.54) is 16.7 Å². The number of carbonyl (C=O) groups excluding carboxylic acids is 2. The smallest absolute Gasteiger partial charge is 0.330 e. The van der Waals surface area contributed by atoms with Gasteiger partial charge in [0.05, 0.1) is 13.5 Å². The van der Waals surface area contributed by atoms with Crippen LogP contribution in [0.1, 0.15) is 5.56 Å². The third kappa shape index (κ3) is 3.21. The van der Waals surface area contributed by atoms with E-state index in [0.29, 0.717) is 17.1 Å². The van der Waals surface area contributed by atoms with Crippen LogP contribution in [0.15, 0.2) is 36.4 Å². The van der Waals surface area contributed by atoms with Crippen molar-refractivity contribution in [3.8, 4) is 5.75 Å². The maximum atomic E-state index is 12.3. The molecule has 0 spiro atoms. The van der Waals surface area contributed by atoms with Gasteiger partial charge in [-0.15, -0.1) is 11.8 Å². The average molecular weight is 362 g/mol. The number of hydrogen-bond acceptors (Lipinski definition) is 5. The highest BCUT2D eigenvalue weighted by molar-refractivity contribution is 8.00. The molecule has 1 aromatic rings. The summed E-state index contributed by atoms with van der Waals surface area (Å²) in [6, 6.07) is 5.40. The summed E-state index contributed by atoms with van der Waals surface area (Å²) in [5, 5.41) is 11.6. The van der Waals surface area contributed by atoms with Crippen LogP contribution in [0.4, 0.5) is 0 Å². The lowest BCUT2D eigenvalue weighted by Gasteiger charge is -2.52. The number of methoxy groups -OCH3 is 1. The minimum atomic E-state index is -1.09. The van der Waals surface area contributed by atoms with Crippen molar-refractivity contribution in [2.24, 2.45) is 0 Å². The van der Waals surface area contributed by atoms with E-state index in [9.17, 15) is 19.5 Å². The molecule has 8 heteroatoms. The molecule has 1 aromatic carbocycles. The van der Waals surface area contributed by atoms with E-state index in [0.717, 1.165) is 5.56 Å². The topological polar surface area (TPSA) is 95.9 Å². The summed E-state index contributed by atoms with van der Waals surface area (Å²) in [7, 11) is 1.57. The summed E-state index contributed by atoms with van der Waals surface area (Å²) in [6.45, 7) is 3.73. The minimum Gasteiger partial charge on any atom is -0.497 e. The Hall–Kier alpha value is -2.48. The molecule has 2 N–H and O–H groups in total. The van der Waals surface area contributed by atoms with E-state index >= 15 is 0 Å². The molecule has 0 bridgehead atoms. The summed E-state index contributed by atoms with van der Waals surface area (Å²) in [5.74, 6) is -0.593. The number of thioether (sulfide) groups is 1. The van der Waals surface area contributed by atoms with E-state index in [1.807, 2.05) is 0 Å². The molecule has 2 unspecified atom stereocenters. The van der Waals surface area contributed by atoms with Crippen LogP contribution >= 0.6 is 11.8 Å². The van der Waals surface area contributed by atoms with E-state index in [2.05, 4.69) is 11.9 Å². The Kier molecular flexibility index (Phi) is 4.71. The summed E-state index contributed by atoms with van der Waals surface area (Å²) >= 11 is 1.42. The number of nitrogens with one attached hydrogen (secondary N) is 1. The van der Waals surface area contributed by atoms with Gasteiger partial charge in [-0.3, -0.25) is 9.59 Å². The van der Waals surface area contributed by atoms with Crippen molar-refractivity contribution >= 4 is 29.5 Å². The molecule has 25 heavy (non-hydrogen) atoms. The molecule has 2 aliphatic rings. The second-order valence-corrected chi connectivity index (χ2v) is 7.02. The van der Waals surface area contributed by atoms with E-state index in [4.69, 9.17) is 4.74 Å². The molecule has 3 atom stereocenters. The van der Waals surface area contributed by atoms with Crippen molar-refractivity contribution in [3.63, 3.8) is 0 Å². The molecule has 2 amide bonds. The molecule has 7 nitrogen and oxygen atoms in total. The van der Waals surface area contributed by atoms with Crippen LogP contribution in [0.25, 0.3) is 0 Å². The predicted octanol–water partition coefficient (Wildman–Crippen LogP) is 0.647. The minimum absolute atomic E-state index is 0.139. The van der Waals surface area contributed by atoms with Gasteiger partial charge in [0.25, 0.3) is 0 Å². The van der Waals surface area contributed by atoms with Gasteiger partial charge in [0, 0.05) is 5.75 Å². The van der Waals surface area contributed by atoms with Gasteiger partial charge in [-0.05, 0) is 23.3 Å². The molecular weight excluding hydrogens is 344 g/mol. The lowest BCUT2D eigenvalue weighted by molar-refractivity contribution is -0.160. The standard InChI is InChI=1S/C17H18N2O5S/c1-9-8-25-16-13(15(21)19(16)14(9)17(22)23)18-12(20)7-10-3-5-11(24-2)6-4-10/h3-6,13-14,16H,1,7-8H2,2H3,(H,18,20)(H,22,23)/t13?,14?,16-/m0/s1. The van der Waals surface area contributed by atoms with Gasteiger partial charge in [-0.1, -0.05) is 18.7 Å². The van der Waals surface area contributed by atoms with Gasteiger partial charge in [0.1, 0.15) is 17.2 Å². The van der Waals surface area contributed by atoms with Gasteiger partial charge in [0.2, 0.25) is 11.8 Å². The van der Waals surface area contributed by atoms with Crippen LogP contribution < -0.4 is 10.1 Å². The Morgan fingerprint density at radius 1 is 1.40 bits per heavy atom. The van der Waals surface area contributed by atoms with Crippen molar-refractivity contribution < 1.29 is 24.2 Å². The van der Waals surface area contributed by atoms with Gasteiger partial charge in [-0.25, -0.2) is 4.79 Å². The molecule has 0 saturated carbocycles. The van der Waals surface area contributed by atoms with Crippen molar-refractivity contribution in [1.29, 1.82) is 0 Å². The summed E-state index contributed by atoms with van der Waals surface area (Å²) in [4.78, 5) is 37.2. The fourth-order valence-electron chi connectivity index (χ4n) is 2.99. The molecule has 2 fully saturated rings. The fourth-order valence-corrected chi connectivity index (χ4v) is 4.29. The second-order valence-electron chi connectivity index (χ2n) is 5.92. The number of β-lactam (4-membered cyclic amide) rings is 1. The van der Waals surface area contributed by atoms with Crippen molar-refractivity contribution in [3.05, 3.63) is 42.0 Å². The zero-order chi connectivity index (χ0) is 18.1. The van der Waals surface area contributed by atoms with E-state index in [1.54, 1.807) is 31.4 Å². The molecule has 3 rings (SSSR count). The highest BCUT2D eigenvalue weighted by Gasteiger charge is 2.56. The zero-order valence-corrected chi connectivity index (χ0v) is 14.4. The van der Waals surface area contributed by atoms with Crippen LogP contribution in [-0.2, 0) is 20.8 Å². The fraction of sp³-hybridized carbons (Fsp3) is 0.353. The maximum absolute atomic E-state index is 12.3. The summed E-state index contributed by atoms with van der Waals surface area (Å²) in [5.41, 5.74) is 1.29. The van der Waals surface area contributed by atoms with Crippen molar-refractivity contribution in [1.82, 2.24) is 10.2 Å². The number of rotatable bonds is 5. The highest BCUT2D eigenvalue weighted by Crippen LogP contribution is 2.39. The lowest BCUT2D eigenvalue weighted by atomic mass is 9.98. The Labute approximate surface area is 149 Å². The number of nitrogens with zero attached hydrogens (tertiary/aromatic N) is 1. The summed E-state index contributed by atoms with van der Waals surface area (Å²) in [6.07, 6.45) is 0.139. The first-order valence-electron chi connectivity index (χ1n) is 7.69. The van der Waals surface area contributed by atoms with Gasteiger partial charge in [0.15, 0.2) is 6.04 Å². The number of fused-ring (bicyclic) bond motifs is 1. The highest BCUT2D eigenvalue weighted by atomic mass is 32.2. The van der Waals surface area contributed by atoms with Crippen molar-refractivity contribution in [2.75, 3.05) is 12.9 Å². The van der Waals surface area contributed by atoms with Gasteiger partial charge < -0.3 is 20.1 Å². The lowest BCUT2D eigenvalue weighted by Crippen LogP contribution is -2.74. The number of aliphatic carboxylic acids is 1. The second kappa shape index (κ2) is 6.79. The Balaban J connectivity index is 1.62. The molecular formula is C17H18N2O5S. The van der Waals surface area contributed by atoms with Gasteiger partial charge in [-0.2, -0.15) is 0 Å². The Bertz CT molecular complexity index is 733. The number of benzene rings is 1. The van der Waals surface area contributed by atoms with Crippen molar-refractivity contribution in [2.45, 2.75) is 23.9 Å². The molecule has 0 aromatic heterocycles. The first-order chi connectivity index (χ1) is 11.9. The van der Waals surface area contributed by atoms with Crippen LogP contribution in [0.3, 0.4) is 0 Å². The number of carbonyl (C=O) groups is 3. The SMILES string of the molecule is C=C1CS[C@H]2C(NC(=O)Cc3ccc(OC)cc3)C(=O)N2C1C(=O)O. The normalized spacial score (nSPS) is 25.0. The number of hydrogen-bond donors (Lipinski definition) is 2. The molecule has 132 valence electrons. The molecule has 2 aliphatic heterocycles. The van der Waals surface area contributed by atoms with E-state index < -0.39 is 18.1 Å². The number of carboxylic acid groups (broad SMARTS) is 1. The average Bonchev–Trinajstić information content (AvgIpc) is 2.59. The van der Waals surface area contributed by atoms with Gasteiger partial charge >= 0.3 is 5.97 Å². The maximum Gasteiger partial charge on any atom is 0.330 e. The Morgan fingerprint density at radius 3 is 2.68 bits per heavy atom. The predicted molar refractivity (Wildman–Crippen MR) is 92.3 cm³/mol. The number of ether oxygens (including phenoxy) is 1. The molecule has 0 aliphatic carbocycles. The monoisotopic (exact) mass is 362 g/mol. The third-order valence-electron chi connectivity index (χ3n) is 4.26. The molecule has 2 saturated heterocycles. The summed E-state index contributed by atoms with van der Waals surface area (Å²) < 4.78 is 5.07. The first kappa shape index (κ1) is 17.3. The number of amides is 2. The largest absolute Gasteiger partial charge is 0.497 e. The molecule has 2 heterocycles. The molecule has 0 radical (unpaired) electrons. The third-order valence-corrected chi connectivity index (χ3v) is 5.64. The van der Waals surface area contributed by atoms with E-state index in [-0.39, 0.29) is 23.6 Å². The Morgan fingerprint density at radius 2 is 2.08 bits per heavy atom. The van der Waals surface area contributed by atoms with Crippen LogP contribution in [0, 0.1) is 0 Å². The quantitative estimate of drug-likeness (QED) is 0.590. The first-order valence-corrected chi connectivity index (χ1v) is 8.74. The van der Waals surface area contributed by atoms with Crippen LogP contribution in [0.2, 0.25) is 0 Å². The zero-order valence-electron chi connectivity index (χ0n) is 13.6. The number of carboxylic acids is 1. The van der Waals surface area contributed by atoms with Crippen LogP contribution in [0.5, 0.6) is 5.75 Å². The van der Waals surface area contributed by atoms with Crippen LogP contribution in [-0.4, -0.2) is 58.1 Å².